The molecule has 0 saturated carbocycles. The Kier molecular flexibility index (Phi) is 4.17. The molecule has 1 aliphatic rings. The summed E-state index contributed by atoms with van der Waals surface area (Å²) in [7, 11) is 0. The summed E-state index contributed by atoms with van der Waals surface area (Å²) in [6, 6.07) is 1.29. The predicted molar refractivity (Wildman–Crippen MR) is 71.8 cm³/mol. The monoisotopic (exact) mass is 276 g/mol. The molecule has 0 radical (unpaired) electrons. The molecule has 0 atom stereocenters. The highest BCUT2D eigenvalue weighted by atomic mass is 16.5. The molecule has 20 heavy (non-hydrogen) atoms. The molecule has 1 N–H and O–H groups in total. The van der Waals surface area contributed by atoms with Crippen molar-refractivity contribution in [2.24, 2.45) is 0 Å². The summed E-state index contributed by atoms with van der Waals surface area (Å²) in [6.07, 6.45) is 2.40. The number of unbranched alkanes of at least 4 members (excludes halogenated alkanes) is 1. The van der Waals surface area contributed by atoms with Gasteiger partial charge in [0.25, 0.3) is 0 Å². The first-order valence-electron chi connectivity index (χ1n) is 6.64. The van der Waals surface area contributed by atoms with Crippen LogP contribution in [0, 0.1) is 0 Å². The number of ketones is 2. The second kappa shape index (κ2) is 5.86. The minimum absolute atomic E-state index is 0.0360. The van der Waals surface area contributed by atoms with E-state index in [0.29, 0.717) is 12.7 Å². The molecular weight excluding hydrogens is 260 g/mol. The first-order chi connectivity index (χ1) is 9.60. The number of Topliss-reactive ketones (excluding diaryl/α,β-unsaturated/α-hetero) is 2. The third kappa shape index (κ3) is 2.43. The van der Waals surface area contributed by atoms with Crippen molar-refractivity contribution in [1.29, 1.82) is 0 Å². The lowest BCUT2D eigenvalue weighted by Gasteiger charge is -2.20. The molecule has 0 spiro atoms. The molecule has 0 aromatic heterocycles. The van der Waals surface area contributed by atoms with Gasteiger partial charge in [-0.05, 0) is 12.5 Å². The zero-order chi connectivity index (χ0) is 14.7. The molecule has 0 bridgehead atoms. The Balaban J connectivity index is 2.58. The minimum Gasteiger partial charge on any atom is -0.506 e. The summed E-state index contributed by atoms with van der Waals surface area (Å²) in [5, 5.41) is 10.1. The molecule has 5 nitrogen and oxygen atoms in total. The molecule has 1 heterocycles. The maximum Gasteiger partial charge on any atom is 0.170 e. The van der Waals surface area contributed by atoms with Crippen LogP contribution >= 0.6 is 0 Å². The Bertz CT molecular complexity index is 574. The average molecular weight is 276 g/mol. The van der Waals surface area contributed by atoms with E-state index in [2.05, 4.69) is 0 Å². The van der Waals surface area contributed by atoms with Crippen LogP contribution in [0.5, 0.6) is 11.5 Å². The van der Waals surface area contributed by atoms with Gasteiger partial charge in [0.2, 0.25) is 0 Å². The molecule has 1 aliphatic heterocycles. The van der Waals surface area contributed by atoms with E-state index in [0.717, 1.165) is 6.42 Å². The van der Waals surface area contributed by atoms with Gasteiger partial charge >= 0.3 is 0 Å². The highest BCUT2D eigenvalue weighted by Crippen LogP contribution is 2.38. The van der Waals surface area contributed by atoms with E-state index >= 15 is 0 Å². The molecule has 0 saturated heterocycles. The van der Waals surface area contributed by atoms with E-state index in [-0.39, 0.29) is 53.5 Å². The fraction of sp³-hybridized carbons (Fsp3) is 0.400. The van der Waals surface area contributed by atoms with Crippen molar-refractivity contribution in [1.82, 2.24) is 0 Å². The first-order valence-corrected chi connectivity index (χ1v) is 6.64. The second-order valence-electron chi connectivity index (χ2n) is 4.73. The van der Waals surface area contributed by atoms with Crippen LogP contribution in [0.4, 0.5) is 0 Å². The van der Waals surface area contributed by atoms with Gasteiger partial charge < -0.3 is 9.84 Å². The van der Waals surface area contributed by atoms with Gasteiger partial charge in [-0.1, -0.05) is 13.3 Å². The smallest absolute Gasteiger partial charge is 0.170 e. The van der Waals surface area contributed by atoms with Crippen molar-refractivity contribution in [3.63, 3.8) is 0 Å². The van der Waals surface area contributed by atoms with Gasteiger partial charge in [0.1, 0.15) is 17.1 Å². The second-order valence-corrected chi connectivity index (χ2v) is 4.73. The molecular formula is C15H16O5. The Morgan fingerprint density at radius 2 is 2.25 bits per heavy atom. The minimum atomic E-state index is -0.394. The van der Waals surface area contributed by atoms with Gasteiger partial charge in [0.15, 0.2) is 17.9 Å². The van der Waals surface area contributed by atoms with Crippen LogP contribution < -0.4 is 4.74 Å². The number of carbonyl (C=O) groups is 3. The van der Waals surface area contributed by atoms with Gasteiger partial charge in [-0.3, -0.25) is 14.4 Å². The molecule has 5 heteroatoms. The van der Waals surface area contributed by atoms with Gasteiger partial charge in [-0.15, -0.1) is 0 Å². The lowest BCUT2D eigenvalue weighted by Crippen LogP contribution is -2.19. The number of hydrogen-bond donors (Lipinski definition) is 1. The van der Waals surface area contributed by atoms with Gasteiger partial charge in [0.05, 0.1) is 17.7 Å². The number of phenols is 1. The lowest BCUT2D eigenvalue weighted by molar-refractivity contribution is 0.0927. The predicted octanol–water partition coefficient (Wildman–Crippen LogP) is 2.54. The van der Waals surface area contributed by atoms with Crippen LogP contribution in [0.1, 0.15) is 63.7 Å². The SMILES string of the molecule is CCCCC(=O)c1c(O)c(C=O)cc2c1OCCC2=O. The zero-order valence-corrected chi connectivity index (χ0v) is 11.3. The number of carbonyl (C=O) groups excluding carboxylic acids is 3. The van der Waals surface area contributed by atoms with Crippen molar-refractivity contribution in [3.05, 3.63) is 22.8 Å². The number of fused-ring (bicyclic) bond motifs is 1. The number of benzene rings is 1. The maximum atomic E-state index is 12.2. The van der Waals surface area contributed by atoms with Crippen LogP contribution in [-0.4, -0.2) is 29.6 Å². The van der Waals surface area contributed by atoms with Crippen molar-refractivity contribution in [2.45, 2.75) is 32.6 Å². The molecule has 1 aromatic carbocycles. The molecule has 0 aliphatic carbocycles. The summed E-state index contributed by atoms with van der Waals surface area (Å²) in [6.45, 7) is 2.13. The summed E-state index contributed by atoms with van der Waals surface area (Å²) in [5.74, 6) is -0.766. The fourth-order valence-corrected chi connectivity index (χ4v) is 2.22. The highest BCUT2D eigenvalue weighted by molar-refractivity contribution is 6.10. The molecule has 1 aromatic rings. The molecule has 106 valence electrons. The van der Waals surface area contributed by atoms with E-state index in [4.69, 9.17) is 4.74 Å². The van der Waals surface area contributed by atoms with Gasteiger partial charge in [-0.25, -0.2) is 0 Å². The van der Waals surface area contributed by atoms with Crippen molar-refractivity contribution in [3.8, 4) is 11.5 Å². The van der Waals surface area contributed by atoms with E-state index in [1.54, 1.807) is 0 Å². The van der Waals surface area contributed by atoms with E-state index in [9.17, 15) is 19.5 Å². The molecule has 0 unspecified atom stereocenters. The average Bonchev–Trinajstić information content (AvgIpc) is 2.44. The highest BCUT2D eigenvalue weighted by Gasteiger charge is 2.29. The third-order valence-electron chi connectivity index (χ3n) is 3.32. The Morgan fingerprint density at radius 1 is 1.50 bits per heavy atom. The Morgan fingerprint density at radius 3 is 2.90 bits per heavy atom. The summed E-state index contributed by atoms with van der Waals surface area (Å²) in [5.41, 5.74) is 0.115. The van der Waals surface area contributed by atoms with E-state index in [1.807, 2.05) is 6.92 Å². The maximum absolute atomic E-state index is 12.2. The zero-order valence-electron chi connectivity index (χ0n) is 11.3. The number of phenolic OH excluding ortho intramolecular Hbond substituents is 1. The standard InChI is InChI=1S/C15H16O5/c1-2-3-4-12(18)13-14(19)9(8-16)7-10-11(17)5-6-20-15(10)13/h7-8,19H,2-6H2,1H3. The van der Waals surface area contributed by atoms with Crippen LogP contribution in [0.2, 0.25) is 0 Å². The number of ether oxygens (including phenoxy) is 1. The Hall–Kier alpha value is -2.17. The third-order valence-corrected chi connectivity index (χ3v) is 3.32. The summed E-state index contributed by atoms with van der Waals surface area (Å²) >= 11 is 0. The lowest BCUT2D eigenvalue weighted by atomic mass is 9.93. The largest absolute Gasteiger partial charge is 0.506 e. The van der Waals surface area contributed by atoms with Crippen LogP contribution in [0.25, 0.3) is 0 Å². The van der Waals surface area contributed by atoms with Crippen LogP contribution in [0.3, 0.4) is 0 Å². The fourth-order valence-electron chi connectivity index (χ4n) is 2.22. The summed E-state index contributed by atoms with van der Waals surface area (Å²) in [4.78, 5) is 35.1. The number of aromatic hydroxyl groups is 1. The van der Waals surface area contributed by atoms with E-state index < -0.39 is 5.75 Å². The quantitative estimate of drug-likeness (QED) is 0.660. The van der Waals surface area contributed by atoms with Crippen LogP contribution in [-0.2, 0) is 0 Å². The number of rotatable bonds is 5. The van der Waals surface area contributed by atoms with Crippen molar-refractivity contribution >= 4 is 17.9 Å². The molecule has 0 fully saturated rings. The number of aldehydes is 1. The topological polar surface area (TPSA) is 80.7 Å². The van der Waals surface area contributed by atoms with Gasteiger partial charge in [0, 0.05) is 12.8 Å². The number of hydrogen-bond acceptors (Lipinski definition) is 5. The van der Waals surface area contributed by atoms with Gasteiger partial charge in [-0.2, -0.15) is 0 Å². The first kappa shape index (κ1) is 14.2. The van der Waals surface area contributed by atoms with E-state index in [1.165, 1.54) is 6.07 Å². The van der Waals surface area contributed by atoms with Crippen LogP contribution in [0.15, 0.2) is 6.07 Å². The van der Waals surface area contributed by atoms with Crippen molar-refractivity contribution < 1.29 is 24.2 Å². The normalized spacial score (nSPS) is 13.6. The molecule has 0 amide bonds. The van der Waals surface area contributed by atoms with Crippen molar-refractivity contribution in [2.75, 3.05) is 6.61 Å². The summed E-state index contributed by atoms with van der Waals surface area (Å²) < 4.78 is 5.39. The molecule has 2 rings (SSSR count). The Labute approximate surface area is 116 Å².